The Labute approximate surface area is 178 Å². The third-order valence-electron chi connectivity index (χ3n) is 5.69. The Morgan fingerprint density at radius 3 is 2.23 bits per heavy atom. The molecule has 0 amide bonds. The summed E-state index contributed by atoms with van der Waals surface area (Å²) in [5.74, 6) is -0.896. The van der Waals surface area contributed by atoms with Gasteiger partial charge in [-0.25, -0.2) is 0 Å². The fourth-order valence-electron chi connectivity index (χ4n) is 3.83. The van der Waals surface area contributed by atoms with Gasteiger partial charge in [0.05, 0.1) is 12.1 Å². The maximum atomic E-state index is 10.7. The number of carboxylic acid groups (broad SMARTS) is 1. The highest BCUT2D eigenvalue weighted by atomic mass is 16.4. The molecule has 0 aliphatic carbocycles. The summed E-state index contributed by atoms with van der Waals surface area (Å²) in [6.45, 7) is 7.52. The first kappa shape index (κ1) is 21.8. The van der Waals surface area contributed by atoms with E-state index in [4.69, 9.17) is 10.3 Å². The van der Waals surface area contributed by atoms with E-state index in [1.807, 2.05) is 24.3 Å². The zero-order chi connectivity index (χ0) is 21.3. The molecule has 0 unspecified atom stereocenters. The number of benzene rings is 2. The fourth-order valence-corrected chi connectivity index (χ4v) is 3.83. The molecule has 2 aromatic rings. The predicted octanol–water partition coefficient (Wildman–Crippen LogP) is 3.79. The Bertz CT molecular complexity index is 839. The molecule has 6 nitrogen and oxygen atoms in total. The number of oxime groups is 1. The molecule has 1 saturated heterocycles. The van der Waals surface area contributed by atoms with E-state index in [2.05, 4.69) is 46.1 Å². The number of piperazine rings is 1. The summed E-state index contributed by atoms with van der Waals surface area (Å²) in [7, 11) is 0. The molecule has 0 aromatic heterocycles. The molecule has 1 fully saturated rings. The third-order valence-corrected chi connectivity index (χ3v) is 5.69. The van der Waals surface area contributed by atoms with Gasteiger partial charge in [0.1, 0.15) is 0 Å². The van der Waals surface area contributed by atoms with E-state index in [1.165, 1.54) is 16.8 Å². The molecule has 30 heavy (non-hydrogen) atoms. The van der Waals surface area contributed by atoms with Gasteiger partial charge >= 0.3 is 5.97 Å². The van der Waals surface area contributed by atoms with E-state index >= 15 is 0 Å². The molecular formula is C24H31N3O3. The first-order valence-electron chi connectivity index (χ1n) is 10.6. The molecule has 3 rings (SSSR count). The van der Waals surface area contributed by atoms with Gasteiger partial charge in [-0.05, 0) is 49.6 Å². The van der Waals surface area contributed by atoms with Crippen molar-refractivity contribution in [2.45, 2.75) is 32.6 Å². The van der Waals surface area contributed by atoms with Crippen LogP contribution in [0.1, 0.15) is 36.0 Å². The van der Waals surface area contributed by atoms with Gasteiger partial charge in [-0.3, -0.25) is 9.69 Å². The number of carbonyl (C=O) groups is 1. The van der Waals surface area contributed by atoms with Crippen LogP contribution in [0.4, 0.5) is 5.69 Å². The van der Waals surface area contributed by atoms with Crippen molar-refractivity contribution < 1.29 is 15.1 Å². The topological polar surface area (TPSA) is 76.4 Å². The van der Waals surface area contributed by atoms with E-state index in [9.17, 15) is 4.79 Å². The van der Waals surface area contributed by atoms with Crippen LogP contribution in [0.2, 0.25) is 0 Å². The number of hydrogen-bond donors (Lipinski definition) is 2. The van der Waals surface area contributed by atoms with E-state index in [0.717, 1.165) is 51.1 Å². The molecule has 1 heterocycles. The Hall–Kier alpha value is -2.86. The van der Waals surface area contributed by atoms with Crippen LogP contribution in [0, 0.1) is 6.92 Å². The molecule has 0 radical (unpaired) electrons. The van der Waals surface area contributed by atoms with Crippen molar-refractivity contribution >= 4 is 17.4 Å². The van der Waals surface area contributed by atoms with Crippen LogP contribution < -0.4 is 4.90 Å². The highest BCUT2D eigenvalue weighted by molar-refractivity contribution is 6.01. The van der Waals surface area contributed by atoms with Crippen molar-refractivity contribution in [2.75, 3.05) is 37.6 Å². The lowest BCUT2D eigenvalue weighted by molar-refractivity contribution is -0.136. The number of aryl methyl sites for hydroxylation is 2. The van der Waals surface area contributed by atoms with Crippen molar-refractivity contribution in [1.82, 2.24) is 4.90 Å². The minimum atomic E-state index is -0.896. The second-order valence-electron chi connectivity index (χ2n) is 7.91. The molecule has 1 aliphatic heterocycles. The zero-order valence-electron chi connectivity index (χ0n) is 17.6. The van der Waals surface area contributed by atoms with Gasteiger partial charge in [0.15, 0.2) is 0 Å². The second-order valence-corrected chi connectivity index (χ2v) is 7.91. The first-order chi connectivity index (χ1) is 14.5. The van der Waals surface area contributed by atoms with Crippen molar-refractivity contribution in [3.8, 4) is 0 Å². The fraction of sp³-hybridized carbons (Fsp3) is 0.417. The Morgan fingerprint density at radius 1 is 0.967 bits per heavy atom. The van der Waals surface area contributed by atoms with Crippen LogP contribution in [0.5, 0.6) is 0 Å². The minimum absolute atomic E-state index is 0.0433. The smallest absolute Gasteiger partial charge is 0.303 e. The Morgan fingerprint density at radius 2 is 1.63 bits per heavy atom. The van der Waals surface area contributed by atoms with E-state index in [-0.39, 0.29) is 12.8 Å². The number of aliphatic carboxylic acids is 1. The second kappa shape index (κ2) is 10.8. The summed E-state index contributed by atoms with van der Waals surface area (Å²) in [6.07, 6.45) is 2.28. The van der Waals surface area contributed by atoms with Gasteiger partial charge in [-0.1, -0.05) is 47.1 Å². The van der Waals surface area contributed by atoms with Gasteiger partial charge in [-0.2, -0.15) is 0 Å². The van der Waals surface area contributed by atoms with Gasteiger partial charge in [0.2, 0.25) is 0 Å². The van der Waals surface area contributed by atoms with Gasteiger partial charge in [-0.15, -0.1) is 0 Å². The quantitative estimate of drug-likeness (QED) is 0.374. The van der Waals surface area contributed by atoms with Gasteiger partial charge in [0.25, 0.3) is 0 Å². The van der Waals surface area contributed by atoms with Crippen LogP contribution in [0.25, 0.3) is 0 Å². The largest absolute Gasteiger partial charge is 0.481 e. The van der Waals surface area contributed by atoms with Crippen LogP contribution in [0.3, 0.4) is 0 Å². The maximum absolute atomic E-state index is 10.7. The standard InChI is InChI=1S/C24H31N3O3/c1-19-4-10-22(11-5-19)27-17-15-26(16-18-27)14-2-3-20-6-8-21(9-7-20)23(25-30)12-13-24(28)29/h4-11,30H,2-3,12-18H2,1H3,(H,28,29)/b25-23-. The van der Waals surface area contributed by atoms with Gasteiger partial charge < -0.3 is 15.2 Å². The SMILES string of the molecule is Cc1ccc(N2CCN(CCCc3ccc(/C(CCC(=O)O)=N\O)cc3)CC2)cc1. The third kappa shape index (κ3) is 6.32. The summed E-state index contributed by atoms with van der Waals surface area (Å²) in [5.41, 5.74) is 5.04. The molecule has 0 spiro atoms. The van der Waals surface area contributed by atoms with Gasteiger partial charge in [0, 0.05) is 38.3 Å². The average molecular weight is 410 g/mol. The molecule has 0 bridgehead atoms. The highest BCUT2D eigenvalue weighted by Crippen LogP contribution is 2.17. The van der Waals surface area contributed by atoms with Crippen LogP contribution in [-0.4, -0.2) is 59.6 Å². The number of carboxylic acids is 1. The summed E-state index contributed by atoms with van der Waals surface area (Å²) >= 11 is 0. The number of hydrogen-bond acceptors (Lipinski definition) is 5. The molecular weight excluding hydrogens is 378 g/mol. The minimum Gasteiger partial charge on any atom is -0.481 e. The Kier molecular flexibility index (Phi) is 7.85. The molecule has 1 aliphatic rings. The van der Waals surface area contributed by atoms with E-state index in [1.54, 1.807) is 0 Å². The molecule has 6 heteroatoms. The number of rotatable bonds is 9. The lowest BCUT2D eigenvalue weighted by Crippen LogP contribution is -2.46. The summed E-state index contributed by atoms with van der Waals surface area (Å²) in [6, 6.07) is 16.7. The van der Waals surface area contributed by atoms with Crippen LogP contribution in [-0.2, 0) is 11.2 Å². The van der Waals surface area contributed by atoms with Crippen molar-refractivity contribution in [1.29, 1.82) is 0 Å². The lowest BCUT2D eigenvalue weighted by atomic mass is 10.0. The molecule has 0 saturated carbocycles. The maximum Gasteiger partial charge on any atom is 0.303 e. The first-order valence-corrected chi connectivity index (χ1v) is 10.6. The number of nitrogens with zero attached hydrogens (tertiary/aromatic N) is 3. The molecule has 0 atom stereocenters. The summed E-state index contributed by atoms with van der Waals surface area (Å²) < 4.78 is 0. The van der Waals surface area contributed by atoms with E-state index < -0.39 is 5.97 Å². The molecule has 160 valence electrons. The van der Waals surface area contributed by atoms with Crippen molar-refractivity contribution in [3.63, 3.8) is 0 Å². The average Bonchev–Trinajstić information content (AvgIpc) is 2.76. The zero-order valence-corrected chi connectivity index (χ0v) is 17.6. The monoisotopic (exact) mass is 409 g/mol. The number of anilines is 1. The molecule has 2 aromatic carbocycles. The molecule has 2 N–H and O–H groups in total. The van der Waals surface area contributed by atoms with Crippen LogP contribution >= 0.6 is 0 Å². The summed E-state index contributed by atoms with van der Waals surface area (Å²) in [5, 5.41) is 21.2. The van der Waals surface area contributed by atoms with Crippen molar-refractivity contribution in [2.24, 2.45) is 5.16 Å². The Balaban J connectivity index is 1.40. The van der Waals surface area contributed by atoms with Crippen molar-refractivity contribution in [3.05, 3.63) is 65.2 Å². The van der Waals surface area contributed by atoms with Crippen LogP contribution in [0.15, 0.2) is 53.7 Å². The summed E-state index contributed by atoms with van der Waals surface area (Å²) in [4.78, 5) is 15.7. The normalized spacial score (nSPS) is 15.4. The predicted molar refractivity (Wildman–Crippen MR) is 120 cm³/mol. The van der Waals surface area contributed by atoms with E-state index in [0.29, 0.717) is 5.71 Å². The lowest BCUT2D eigenvalue weighted by Gasteiger charge is -2.36. The highest BCUT2D eigenvalue weighted by Gasteiger charge is 2.16.